The summed E-state index contributed by atoms with van der Waals surface area (Å²) in [6.45, 7) is 7.05. The third-order valence-electron chi connectivity index (χ3n) is 5.99. The average Bonchev–Trinajstić information content (AvgIpc) is 2.82. The van der Waals surface area contributed by atoms with Crippen LogP contribution in [-0.2, 0) is 6.42 Å². The number of carbonyl (C=O) groups is 1. The van der Waals surface area contributed by atoms with E-state index in [4.69, 9.17) is 11.6 Å². The number of nitrogens with one attached hydrogen (secondary N) is 1. The van der Waals surface area contributed by atoms with Crippen molar-refractivity contribution in [1.82, 2.24) is 14.7 Å². The number of urea groups is 1. The van der Waals surface area contributed by atoms with Gasteiger partial charge >= 0.3 is 6.03 Å². The molecule has 4 rings (SSSR count). The van der Waals surface area contributed by atoms with Crippen LogP contribution in [0.4, 0.5) is 10.5 Å². The van der Waals surface area contributed by atoms with Gasteiger partial charge in [-0.1, -0.05) is 42.3 Å². The summed E-state index contributed by atoms with van der Waals surface area (Å²) in [5.74, 6) is 0.170. The third-order valence-corrected chi connectivity index (χ3v) is 6.30. The largest absolute Gasteiger partial charge is 0.506 e. The molecule has 2 aromatic rings. The molecule has 32 heavy (non-hydrogen) atoms. The zero-order valence-corrected chi connectivity index (χ0v) is 19.7. The first-order valence-corrected chi connectivity index (χ1v) is 11.9. The molecule has 174 valence electrons. The highest BCUT2D eigenvalue weighted by Gasteiger charge is 2.18. The lowest BCUT2D eigenvalue weighted by Gasteiger charge is -2.32. The van der Waals surface area contributed by atoms with E-state index in [0.717, 1.165) is 44.8 Å². The van der Waals surface area contributed by atoms with Crippen molar-refractivity contribution in [2.45, 2.75) is 25.7 Å². The summed E-state index contributed by atoms with van der Waals surface area (Å²) in [4.78, 5) is 18.5. The molecule has 0 aromatic heterocycles. The van der Waals surface area contributed by atoms with Gasteiger partial charge in [-0.05, 0) is 69.2 Å². The second-order valence-electron chi connectivity index (χ2n) is 8.52. The average molecular weight is 459 g/mol. The van der Waals surface area contributed by atoms with Crippen LogP contribution in [0.25, 0.3) is 0 Å². The van der Waals surface area contributed by atoms with Crippen molar-refractivity contribution in [1.29, 1.82) is 0 Å². The number of hydrogen-bond donors (Lipinski definition) is 2. The fourth-order valence-electron chi connectivity index (χ4n) is 3.91. The SMILES string of the molecule is CN1CCN(C(=O)Nc2ccccc2)CC1.Oc1ccc(CCN2CCCCC2)cc1Cl. The minimum atomic E-state index is -0.000648. The topological polar surface area (TPSA) is 59.1 Å². The number of hydrogen-bond acceptors (Lipinski definition) is 4. The van der Waals surface area contributed by atoms with Crippen LogP contribution in [0.5, 0.6) is 5.75 Å². The summed E-state index contributed by atoms with van der Waals surface area (Å²) >= 11 is 5.87. The summed E-state index contributed by atoms with van der Waals surface area (Å²) in [5, 5.41) is 12.7. The number of rotatable bonds is 4. The predicted octanol–water partition coefficient (Wildman–Crippen LogP) is 4.54. The maximum Gasteiger partial charge on any atom is 0.321 e. The number of likely N-dealkylation sites (N-methyl/N-ethyl adjacent to an activating group) is 1. The molecule has 2 amide bonds. The number of carbonyl (C=O) groups excluding carboxylic acids is 1. The molecule has 0 saturated carbocycles. The van der Waals surface area contributed by atoms with Gasteiger partial charge in [0, 0.05) is 38.4 Å². The van der Waals surface area contributed by atoms with Crippen LogP contribution in [0.2, 0.25) is 5.02 Å². The van der Waals surface area contributed by atoms with E-state index < -0.39 is 0 Å². The van der Waals surface area contributed by atoms with Gasteiger partial charge < -0.3 is 25.1 Å². The number of aromatic hydroxyl groups is 1. The summed E-state index contributed by atoms with van der Waals surface area (Å²) in [6.07, 6.45) is 5.05. The second-order valence-corrected chi connectivity index (χ2v) is 8.93. The molecule has 2 N–H and O–H groups in total. The highest BCUT2D eigenvalue weighted by Crippen LogP contribution is 2.24. The quantitative estimate of drug-likeness (QED) is 0.706. The Labute approximate surface area is 196 Å². The molecule has 2 heterocycles. The number of nitrogens with zero attached hydrogens (tertiary/aromatic N) is 3. The monoisotopic (exact) mass is 458 g/mol. The molecule has 6 nitrogen and oxygen atoms in total. The molecule has 0 spiro atoms. The van der Waals surface area contributed by atoms with E-state index in [1.165, 1.54) is 37.9 Å². The summed E-state index contributed by atoms with van der Waals surface area (Å²) < 4.78 is 0. The Morgan fingerprint density at radius 1 is 0.969 bits per heavy atom. The highest BCUT2D eigenvalue weighted by molar-refractivity contribution is 6.32. The van der Waals surface area contributed by atoms with Crippen molar-refractivity contribution in [2.75, 3.05) is 58.2 Å². The van der Waals surface area contributed by atoms with Gasteiger partial charge in [-0.3, -0.25) is 0 Å². The second kappa shape index (κ2) is 12.7. The van der Waals surface area contributed by atoms with Gasteiger partial charge in [-0.2, -0.15) is 0 Å². The van der Waals surface area contributed by atoms with Crippen LogP contribution < -0.4 is 5.32 Å². The number of phenols is 1. The maximum atomic E-state index is 11.9. The molecule has 2 fully saturated rings. The number of phenolic OH excluding ortho intramolecular Hbond substituents is 1. The first-order chi connectivity index (χ1) is 15.5. The molecule has 0 aliphatic carbocycles. The number of para-hydroxylation sites is 1. The van der Waals surface area contributed by atoms with Crippen LogP contribution in [0.15, 0.2) is 48.5 Å². The minimum absolute atomic E-state index is 0.000648. The van der Waals surface area contributed by atoms with Gasteiger partial charge in [0.25, 0.3) is 0 Å². The van der Waals surface area contributed by atoms with E-state index in [1.54, 1.807) is 6.07 Å². The number of likely N-dealkylation sites (tertiary alicyclic amines) is 1. The van der Waals surface area contributed by atoms with Crippen molar-refractivity contribution in [3.63, 3.8) is 0 Å². The van der Waals surface area contributed by atoms with Crippen molar-refractivity contribution < 1.29 is 9.90 Å². The number of piperidine rings is 1. The molecule has 0 bridgehead atoms. The zero-order chi connectivity index (χ0) is 22.8. The van der Waals surface area contributed by atoms with Gasteiger partial charge in [0.15, 0.2) is 0 Å². The lowest BCUT2D eigenvalue weighted by Crippen LogP contribution is -2.48. The van der Waals surface area contributed by atoms with E-state index in [1.807, 2.05) is 47.4 Å². The lowest BCUT2D eigenvalue weighted by molar-refractivity contribution is 0.164. The Morgan fingerprint density at radius 3 is 2.31 bits per heavy atom. The van der Waals surface area contributed by atoms with Gasteiger partial charge in [0.2, 0.25) is 0 Å². The normalized spacial score (nSPS) is 17.4. The van der Waals surface area contributed by atoms with Crippen LogP contribution in [-0.4, -0.2) is 78.7 Å². The summed E-state index contributed by atoms with van der Waals surface area (Å²) in [7, 11) is 2.08. The van der Waals surface area contributed by atoms with Gasteiger partial charge in [-0.25, -0.2) is 4.79 Å². The van der Waals surface area contributed by atoms with Crippen molar-refractivity contribution in [2.24, 2.45) is 0 Å². The van der Waals surface area contributed by atoms with Crippen LogP contribution in [0.3, 0.4) is 0 Å². The molecular weight excluding hydrogens is 424 g/mol. The Bertz CT molecular complexity index is 835. The third kappa shape index (κ3) is 8.01. The van der Waals surface area contributed by atoms with Crippen molar-refractivity contribution in [3.05, 3.63) is 59.1 Å². The molecular formula is C25H35ClN4O2. The van der Waals surface area contributed by atoms with Crippen LogP contribution in [0, 0.1) is 0 Å². The zero-order valence-electron chi connectivity index (χ0n) is 19.0. The van der Waals surface area contributed by atoms with Crippen LogP contribution >= 0.6 is 11.6 Å². The molecule has 7 heteroatoms. The van der Waals surface area contributed by atoms with Crippen molar-refractivity contribution in [3.8, 4) is 5.75 Å². The molecule has 0 atom stereocenters. The van der Waals surface area contributed by atoms with Crippen LogP contribution in [0.1, 0.15) is 24.8 Å². The smallest absolute Gasteiger partial charge is 0.321 e. The first kappa shape index (κ1) is 24.4. The summed E-state index contributed by atoms with van der Waals surface area (Å²) in [6, 6.07) is 15.0. The molecule has 2 aliphatic heterocycles. The first-order valence-electron chi connectivity index (χ1n) is 11.5. The fraction of sp³-hybridized carbons (Fsp3) is 0.480. The Kier molecular flexibility index (Phi) is 9.65. The number of anilines is 1. The van der Waals surface area contributed by atoms with Gasteiger partial charge in [-0.15, -0.1) is 0 Å². The summed E-state index contributed by atoms with van der Waals surface area (Å²) in [5.41, 5.74) is 2.06. The van der Waals surface area contributed by atoms with Gasteiger partial charge in [0.05, 0.1) is 5.02 Å². The van der Waals surface area contributed by atoms with Gasteiger partial charge in [0.1, 0.15) is 5.75 Å². The van der Waals surface area contributed by atoms with Crippen molar-refractivity contribution >= 4 is 23.3 Å². The predicted molar refractivity (Wildman–Crippen MR) is 132 cm³/mol. The Hall–Kier alpha value is -2.28. The minimum Gasteiger partial charge on any atom is -0.506 e. The number of piperazine rings is 1. The molecule has 0 unspecified atom stereocenters. The van der Waals surface area contributed by atoms with E-state index in [-0.39, 0.29) is 11.8 Å². The number of halogens is 1. The fourth-order valence-corrected chi connectivity index (χ4v) is 4.11. The number of benzene rings is 2. The van der Waals surface area contributed by atoms with E-state index in [0.29, 0.717) is 5.02 Å². The standard InChI is InChI=1S/C13H18ClNO.C12H17N3O/c14-12-10-11(4-5-13(12)16)6-9-15-7-2-1-3-8-15;1-14-7-9-15(10-8-14)12(16)13-11-5-3-2-4-6-11/h4-5,10,16H,1-3,6-9H2;2-6H,7-10H2,1H3,(H,13,16). The molecule has 0 radical (unpaired) electrons. The Morgan fingerprint density at radius 2 is 1.66 bits per heavy atom. The lowest BCUT2D eigenvalue weighted by atomic mass is 10.1. The molecule has 2 saturated heterocycles. The Balaban J connectivity index is 0.000000181. The highest BCUT2D eigenvalue weighted by atomic mass is 35.5. The maximum absolute atomic E-state index is 11.9. The van der Waals surface area contributed by atoms with E-state index in [9.17, 15) is 9.90 Å². The number of amides is 2. The molecule has 2 aromatic carbocycles. The van der Waals surface area contributed by atoms with E-state index in [2.05, 4.69) is 22.2 Å². The van der Waals surface area contributed by atoms with E-state index >= 15 is 0 Å². The molecule has 2 aliphatic rings.